The highest BCUT2D eigenvalue weighted by atomic mass is 14.4. The van der Waals surface area contributed by atoms with E-state index < -0.39 is 0 Å². The normalized spacial score (nSPS) is 13.6. The zero-order valence-corrected chi connectivity index (χ0v) is 41.4. The summed E-state index contributed by atoms with van der Waals surface area (Å²) in [5.74, 6) is 1.34. The van der Waals surface area contributed by atoms with Crippen molar-refractivity contribution in [3.8, 4) is 44.5 Å². The third-order valence-electron chi connectivity index (χ3n) is 14.9. The number of rotatable bonds is 6. The molecule has 0 nitrogen and oxygen atoms in total. The molecule has 1 atom stereocenters. The Labute approximate surface area is 419 Å². The molecule has 0 bridgehead atoms. The van der Waals surface area contributed by atoms with E-state index in [2.05, 4.69) is 266 Å². The van der Waals surface area contributed by atoms with Crippen LogP contribution in [0, 0.1) is 47.5 Å². The van der Waals surface area contributed by atoms with Crippen molar-refractivity contribution in [2.24, 2.45) is 0 Å². The van der Waals surface area contributed by atoms with E-state index in [1.54, 1.807) is 0 Å². The van der Waals surface area contributed by atoms with Gasteiger partial charge in [0.2, 0.25) is 0 Å². The summed E-state index contributed by atoms with van der Waals surface area (Å²) in [6, 6.07) is 74.3. The number of benzene rings is 10. The molecule has 2 aliphatic carbocycles. The van der Waals surface area contributed by atoms with Crippen molar-refractivity contribution >= 4 is 34.2 Å². The van der Waals surface area contributed by atoms with Gasteiger partial charge in [-0.3, -0.25) is 0 Å². The van der Waals surface area contributed by atoms with Crippen LogP contribution in [0.15, 0.2) is 206 Å². The smallest absolute Gasteiger partial charge is 0.0809 e. The fourth-order valence-corrected chi connectivity index (χ4v) is 11.9. The Morgan fingerprint density at radius 3 is 1.39 bits per heavy atom. The molecule has 0 heterocycles. The van der Waals surface area contributed by atoms with Crippen LogP contribution in [-0.2, 0) is 0 Å². The first-order valence-corrected chi connectivity index (χ1v) is 25.0. The zero-order chi connectivity index (χ0) is 48.3. The molecule has 0 amide bonds. The number of hydrogen-bond donors (Lipinski definition) is 0. The fourth-order valence-electron chi connectivity index (χ4n) is 11.9. The van der Waals surface area contributed by atoms with Gasteiger partial charge in [-0.1, -0.05) is 175 Å². The predicted octanol–water partition coefficient (Wildman–Crippen LogP) is 16.8. The summed E-state index contributed by atoms with van der Waals surface area (Å²) in [5, 5.41) is 4.73. The van der Waals surface area contributed by atoms with E-state index in [0.29, 0.717) is 0 Å². The van der Waals surface area contributed by atoms with Gasteiger partial charge in [0.1, 0.15) is 0 Å². The predicted molar refractivity (Wildman–Crippen MR) is 302 cm³/mol. The molecule has 0 N–H and O–H groups in total. The van der Waals surface area contributed by atoms with E-state index in [0.717, 1.165) is 10.8 Å². The lowest BCUT2D eigenvalue weighted by Gasteiger charge is -2.28. The summed E-state index contributed by atoms with van der Waals surface area (Å²) in [4.78, 5) is 0. The second-order valence-corrected chi connectivity index (χ2v) is 19.8. The maximum Gasteiger partial charge on any atom is 0.0809 e. The molecular weight excluding hydrogens is 853 g/mol. The van der Waals surface area contributed by atoms with E-state index in [9.17, 15) is 0 Å². The first kappa shape index (κ1) is 43.8. The molecule has 71 heavy (non-hydrogen) atoms. The molecular formula is C71H55+. The third-order valence-corrected chi connectivity index (χ3v) is 14.9. The number of aryl methyl sites for hydroxylation is 6. The van der Waals surface area contributed by atoms with Crippen LogP contribution in [0.4, 0.5) is 0 Å². The van der Waals surface area contributed by atoms with Crippen LogP contribution in [0.1, 0.15) is 78.2 Å². The van der Waals surface area contributed by atoms with E-state index in [4.69, 9.17) is 0 Å². The lowest BCUT2D eigenvalue weighted by molar-refractivity contribution is 1.12. The molecule has 1 unspecified atom stereocenters. The molecule has 0 saturated heterocycles. The zero-order valence-electron chi connectivity index (χ0n) is 41.4. The van der Waals surface area contributed by atoms with Crippen molar-refractivity contribution in [1.29, 1.82) is 0 Å². The molecule has 0 aliphatic heterocycles. The SMILES string of the molecule is Cc1cc(C)c(-c2c3c(c(=C=C4c5cc(-c6ccccc6)ccc5[C+](c5c(C)cc(C)cc5C)c5ccc(-c6ccccc6)cc54)c4cc(-c5ccccc5)ccc24)=CC(c2ccccc2)C=C3)c(C)c1. The minimum Gasteiger partial charge on any atom is -0.0901 e. The van der Waals surface area contributed by atoms with Crippen LogP contribution in [0.3, 0.4) is 0 Å². The number of hydrogen-bond acceptors (Lipinski definition) is 0. The lowest BCUT2D eigenvalue weighted by atomic mass is 9.70. The van der Waals surface area contributed by atoms with Crippen LogP contribution in [0.5, 0.6) is 0 Å². The van der Waals surface area contributed by atoms with Gasteiger partial charge in [0, 0.05) is 33.4 Å². The highest BCUT2D eigenvalue weighted by Gasteiger charge is 2.38. The van der Waals surface area contributed by atoms with Gasteiger partial charge < -0.3 is 0 Å². The van der Waals surface area contributed by atoms with Crippen molar-refractivity contribution in [1.82, 2.24) is 0 Å². The van der Waals surface area contributed by atoms with E-state index >= 15 is 0 Å². The van der Waals surface area contributed by atoms with Crippen LogP contribution in [-0.4, -0.2) is 0 Å². The summed E-state index contributed by atoms with van der Waals surface area (Å²) >= 11 is 0. The molecule has 0 aromatic heterocycles. The molecule has 0 spiro atoms. The van der Waals surface area contributed by atoms with E-state index in [1.165, 1.54) is 139 Å². The summed E-state index contributed by atoms with van der Waals surface area (Å²) in [5.41, 5.74) is 31.5. The Hall–Kier alpha value is -8.41. The summed E-state index contributed by atoms with van der Waals surface area (Å²) in [6.45, 7) is 13.6. The second-order valence-electron chi connectivity index (χ2n) is 19.8. The van der Waals surface area contributed by atoms with Crippen molar-refractivity contribution in [3.63, 3.8) is 0 Å². The van der Waals surface area contributed by atoms with Gasteiger partial charge in [0.05, 0.1) is 28.2 Å². The minimum absolute atomic E-state index is 0.0739. The molecule has 338 valence electrons. The van der Waals surface area contributed by atoms with Crippen molar-refractivity contribution < 1.29 is 0 Å². The van der Waals surface area contributed by atoms with E-state index in [-0.39, 0.29) is 5.92 Å². The van der Waals surface area contributed by atoms with Crippen molar-refractivity contribution in [2.75, 3.05) is 0 Å². The van der Waals surface area contributed by atoms with Gasteiger partial charge in [-0.2, -0.15) is 0 Å². The van der Waals surface area contributed by atoms with Crippen LogP contribution >= 0.6 is 0 Å². The fraction of sp³-hybridized carbons (Fsp3) is 0.0986. The molecule has 2 aliphatic rings. The first-order chi connectivity index (χ1) is 34.7. The molecule has 10 aromatic rings. The Kier molecular flexibility index (Phi) is 11.0. The van der Waals surface area contributed by atoms with Gasteiger partial charge in [-0.25, -0.2) is 0 Å². The maximum absolute atomic E-state index is 4.44. The van der Waals surface area contributed by atoms with Gasteiger partial charge in [0.25, 0.3) is 0 Å². The molecule has 0 fully saturated rings. The van der Waals surface area contributed by atoms with Gasteiger partial charge in [0.15, 0.2) is 0 Å². The second kappa shape index (κ2) is 17.8. The summed E-state index contributed by atoms with van der Waals surface area (Å²) in [7, 11) is 0. The van der Waals surface area contributed by atoms with Crippen LogP contribution < -0.4 is 10.4 Å². The number of allylic oxidation sites excluding steroid dienone is 1. The van der Waals surface area contributed by atoms with E-state index in [1.807, 2.05) is 0 Å². The standard InChI is InChI=1S/C71H55/c1-44-35-46(3)68(47(4)36-44)70-58-31-27-54(50-19-11-7-12-20-50)39-62(58)66(63-40-55(28-32-59(63)70)51-21-13-8-14-22-51)43-67-64-41-56(52-23-15-9-16-24-52)29-33-60(64)71(69-48(5)37-45(2)38-49(69)6)61-34-30-57(42-65(61)67)53-25-17-10-18-26-53/h7-42,54H,1-6H3/q+1. The Morgan fingerprint density at radius 2 is 0.873 bits per heavy atom. The lowest BCUT2D eigenvalue weighted by Crippen LogP contribution is -2.31. The number of fused-ring (bicyclic) bond motifs is 4. The minimum atomic E-state index is 0.0739. The topological polar surface area (TPSA) is 0 Å². The van der Waals surface area contributed by atoms with Gasteiger partial charge >= 0.3 is 0 Å². The average Bonchev–Trinajstić information content (AvgIpc) is 3.39. The molecule has 0 radical (unpaired) electrons. The largest absolute Gasteiger partial charge is 0.0901 e. The van der Waals surface area contributed by atoms with Crippen molar-refractivity contribution in [3.05, 3.63) is 295 Å². The average molecular weight is 908 g/mol. The quantitative estimate of drug-likeness (QED) is 0.146. The Morgan fingerprint density at radius 1 is 0.408 bits per heavy atom. The van der Waals surface area contributed by atoms with Crippen LogP contribution in [0.2, 0.25) is 0 Å². The third kappa shape index (κ3) is 7.79. The molecule has 10 aromatic carbocycles. The highest BCUT2D eigenvalue weighted by molar-refractivity contribution is 6.06. The molecule has 0 saturated carbocycles. The monoisotopic (exact) mass is 907 g/mol. The van der Waals surface area contributed by atoms with Crippen LogP contribution in [0.25, 0.3) is 78.7 Å². The first-order valence-electron chi connectivity index (χ1n) is 25.0. The Bertz CT molecular complexity index is 3800. The maximum atomic E-state index is 4.44. The van der Waals surface area contributed by atoms with Crippen molar-refractivity contribution in [2.45, 2.75) is 47.5 Å². The Balaban J connectivity index is 1.31. The molecule has 0 heteroatoms. The highest BCUT2D eigenvalue weighted by Crippen LogP contribution is 2.49. The van der Waals surface area contributed by atoms with Gasteiger partial charge in [-0.15, -0.1) is 0 Å². The summed E-state index contributed by atoms with van der Waals surface area (Å²) < 4.78 is 0. The van der Waals surface area contributed by atoms with Gasteiger partial charge in [-0.05, 0) is 184 Å². The summed E-state index contributed by atoms with van der Waals surface area (Å²) in [6.07, 6.45) is 7.34. The molecule has 12 rings (SSSR count).